The maximum absolute atomic E-state index is 11.7. The lowest BCUT2D eigenvalue weighted by molar-refractivity contribution is 0.248. The standard InChI is InChI=1S/C13H20N2O2/c1-4-10(3)14-13(16)15-11-8-6-7-9-12(11)17-5-2/h6-10H,4-5H2,1-3H3,(H2,14,15,16). The number of rotatable bonds is 5. The number of amides is 2. The third-order valence-electron chi connectivity index (χ3n) is 2.42. The molecule has 0 heterocycles. The maximum Gasteiger partial charge on any atom is 0.319 e. The number of ether oxygens (including phenoxy) is 1. The van der Waals surface area contributed by atoms with E-state index >= 15 is 0 Å². The average Bonchev–Trinajstić information content (AvgIpc) is 2.31. The molecular weight excluding hydrogens is 216 g/mol. The smallest absolute Gasteiger partial charge is 0.319 e. The molecule has 1 aromatic carbocycles. The van der Waals surface area contributed by atoms with Gasteiger partial charge in [0, 0.05) is 6.04 Å². The molecule has 0 saturated heterocycles. The van der Waals surface area contributed by atoms with E-state index in [0.717, 1.165) is 6.42 Å². The number of carbonyl (C=O) groups excluding carboxylic acids is 1. The summed E-state index contributed by atoms with van der Waals surface area (Å²) in [6.07, 6.45) is 0.903. The van der Waals surface area contributed by atoms with Crippen molar-refractivity contribution in [1.29, 1.82) is 0 Å². The molecule has 2 N–H and O–H groups in total. The van der Waals surface area contributed by atoms with Gasteiger partial charge in [-0.15, -0.1) is 0 Å². The lowest BCUT2D eigenvalue weighted by Crippen LogP contribution is -2.35. The van der Waals surface area contributed by atoms with Gasteiger partial charge in [0.25, 0.3) is 0 Å². The van der Waals surface area contributed by atoms with Crippen LogP contribution in [0.3, 0.4) is 0 Å². The van der Waals surface area contributed by atoms with Gasteiger partial charge in [-0.25, -0.2) is 4.79 Å². The van der Waals surface area contributed by atoms with Gasteiger partial charge in [0.05, 0.1) is 12.3 Å². The molecule has 0 aliphatic heterocycles. The van der Waals surface area contributed by atoms with Gasteiger partial charge in [-0.1, -0.05) is 19.1 Å². The fourth-order valence-corrected chi connectivity index (χ4v) is 1.34. The highest BCUT2D eigenvalue weighted by molar-refractivity contribution is 5.91. The molecule has 0 aliphatic rings. The van der Waals surface area contributed by atoms with Gasteiger partial charge in [0.2, 0.25) is 0 Å². The minimum absolute atomic E-state index is 0.161. The monoisotopic (exact) mass is 236 g/mol. The first-order valence-corrected chi connectivity index (χ1v) is 5.96. The Kier molecular flexibility index (Phi) is 5.33. The van der Waals surface area contributed by atoms with Crippen LogP contribution in [0.15, 0.2) is 24.3 Å². The van der Waals surface area contributed by atoms with Crippen LogP contribution >= 0.6 is 0 Å². The zero-order valence-corrected chi connectivity index (χ0v) is 10.6. The molecule has 1 aromatic rings. The second kappa shape index (κ2) is 6.78. The molecule has 0 saturated carbocycles. The Morgan fingerprint density at radius 2 is 2.06 bits per heavy atom. The lowest BCUT2D eigenvalue weighted by atomic mass is 10.2. The highest BCUT2D eigenvalue weighted by Gasteiger charge is 2.08. The van der Waals surface area contributed by atoms with E-state index in [2.05, 4.69) is 10.6 Å². The van der Waals surface area contributed by atoms with Crippen molar-refractivity contribution >= 4 is 11.7 Å². The van der Waals surface area contributed by atoms with Crippen LogP contribution in [0.5, 0.6) is 5.75 Å². The van der Waals surface area contributed by atoms with Crippen molar-refractivity contribution in [2.24, 2.45) is 0 Å². The Hall–Kier alpha value is -1.71. The zero-order chi connectivity index (χ0) is 12.7. The molecule has 1 rings (SSSR count). The predicted octanol–water partition coefficient (Wildman–Crippen LogP) is 3.01. The van der Waals surface area contributed by atoms with E-state index in [-0.39, 0.29) is 12.1 Å². The Morgan fingerprint density at radius 1 is 1.35 bits per heavy atom. The van der Waals surface area contributed by atoms with Crippen LogP contribution in [-0.4, -0.2) is 18.7 Å². The molecule has 1 atom stereocenters. The largest absolute Gasteiger partial charge is 0.492 e. The number of benzene rings is 1. The maximum atomic E-state index is 11.7. The number of urea groups is 1. The first-order chi connectivity index (χ1) is 8.17. The third-order valence-corrected chi connectivity index (χ3v) is 2.42. The zero-order valence-electron chi connectivity index (χ0n) is 10.6. The van der Waals surface area contributed by atoms with E-state index in [4.69, 9.17) is 4.74 Å². The molecule has 0 aromatic heterocycles. The van der Waals surface area contributed by atoms with Crippen LogP contribution < -0.4 is 15.4 Å². The minimum Gasteiger partial charge on any atom is -0.492 e. The number of anilines is 1. The summed E-state index contributed by atoms with van der Waals surface area (Å²) in [7, 11) is 0. The van der Waals surface area contributed by atoms with Crippen molar-refractivity contribution in [3.05, 3.63) is 24.3 Å². The van der Waals surface area contributed by atoms with Gasteiger partial charge in [-0.05, 0) is 32.4 Å². The number of hydrogen-bond donors (Lipinski definition) is 2. The van der Waals surface area contributed by atoms with Crippen molar-refractivity contribution in [2.75, 3.05) is 11.9 Å². The van der Waals surface area contributed by atoms with Crippen LogP contribution in [0.25, 0.3) is 0 Å². The summed E-state index contributed by atoms with van der Waals surface area (Å²) < 4.78 is 5.43. The molecule has 0 spiro atoms. The Bertz CT molecular complexity index is 366. The van der Waals surface area contributed by atoms with E-state index in [0.29, 0.717) is 18.0 Å². The summed E-state index contributed by atoms with van der Waals surface area (Å²) in [5.41, 5.74) is 0.690. The predicted molar refractivity (Wildman–Crippen MR) is 69.5 cm³/mol. The number of para-hydroxylation sites is 2. The normalized spacial score (nSPS) is 11.7. The summed E-state index contributed by atoms with van der Waals surface area (Å²) in [5.74, 6) is 0.689. The van der Waals surface area contributed by atoms with Crippen LogP contribution in [-0.2, 0) is 0 Å². The lowest BCUT2D eigenvalue weighted by Gasteiger charge is -2.14. The summed E-state index contributed by atoms with van der Waals surface area (Å²) in [6, 6.07) is 7.36. The second-order valence-corrected chi connectivity index (χ2v) is 3.84. The Balaban J connectivity index is 2.64. The van der Waals surface area contributed by atoms with Crippen LogP contribution in [0.1, 0.15) is 27.2 Å². The first-order valence-electron chi connectivity index (χ1n) is 5.96. The van der Waals surface area contributed by atoms with Crippen LogP contribution in [0.2, 0.25) is 0 Å². The van der Waals surface area contributed by atoms with E-state index in [1.165, 1.54) is 0 Å². The van der Waals surface area contributed by atoms with Crippen molar-refractivity contribution in [3.63, 3.8) is 0 Å². The molecule has 0 aliphatic carbocycles. The minimum atomic E-state index is -0.202. The van der Waals surface area contributed by atoms with Crippen molar-refractivity contribution in [2.45, 2.75) is 33.2 Å². The van der Waals surface area contributed by atoms with Crippen LogP contribution in [0, 0.1) is 0 Å². The molecule has 2 amide bonds. The molecule has 0 radical (unpaired) electrons. The van der Waals surface area contributed by atoms with E-state index < -0.39 is 0 Å². The number of nitrogens with one attached hydrogen (secondary N) is 2. The Labute approximate surface area is 102 Å². The number of carbonyl (C=O) groups is 1. The van der Waals surface area contributed by atoms with E-state index in [1.54, 1.807) is 0 Å². The third kappa shape index (κ3) is 4.34. The highest BCUT2D eigenvalue weighted by atomic mass is 16.5. The fourth-order valence-electron chi connectivity index (χ4n) is 1.34. The summed E-state index contributed by atoms with van der Waals surface area (Å²) in [6.45, 7) is 6.48. The van der Waals surface area contributed by atoms with Crippen molar-refractivity contribution in [1.82, 2.24) is 5.32 Å². The van der Waals surface area contributed by atoms with Gasteiger partial charge in [-0.2, -0.15) is 0 Å². The van der Waals surface area contributed by atoms with E-state index in [1.807, 2.05) is 45.0 Å². The van der Waals surface area contributed by atoms with Gasteiger partial charge in [-0.3, -0.25) is 0 Å². The molecule has 94 valence electrons. The molecular formula is C13H20N2O2. The topological polar surface area (TPSA) is 50.4 Å². The van der Waals surface area contributed by atoms with Gasteiger partial charge >= 0.3 is 6.03 Å². The number of hydrogen-bond acceptors (Lipinski definition) is 2. The molecule has 4 heteroatoms. The quantitative estimate of drug-likeness (QED) is 0.825. The SMILES string of the molecule is CCOc1ccccc1NC(=O)NC(C)CC. The molecule has 17 heavy (non-hydrogen) atoms. The highest BCUT2D eigenvalue weighted by Crippen LogP contribution is 2.23. The molecule has 4 nitrogen and oxygen atoms in total. The van der Waals surface area contributed by atoms with Gasteiger partial charge < -0.3 is 15.4 Å². The average molecular weight is 236 g/mol. The van der Waals surface area contributed by atoms with Crippen LogP contribution in [0.4, 0.5) is 10.5 Å². The first kappa shape index (κ1) is 13.4. The van der Waals surface area contributed by atoms with Gasteiger partial charge in [0.15, 0.2) is 0 Å². The summed E-state index contributed by atoms with van der Waals surface area (Å²) in [4.78, 5) is 11.7. The molecule has 1 unspecified atom stereocenters. The summed E-state index contributed by atoms with van der Waals surface area (Å²) >= 11 is 0. The fraction of sp³-hybridized carbons (Fsp3) is 0.462. The van der Waals surface area contributed by atoms with Gasteiger partial charge in [0.1, 0.15) is 5.75 Å². The molecule has 0 fully saturated rings. The Morgan fingerprint density at radius 3 is 2.71 bits per heavy atom. The second-order valence-electron chi connectivity index (χ2n) is 3.84. The summed E-state index contributed by atoms with van der Waals surface area (Å²) in [5, 5.41) is 5.63. The van der Waals surface area contributed by atoms with E-state index in [9.17, 15) is 4.79 Å². The van der Waals surface area contributed by atoms with Crippen molar-refractivity contribution < 1.29 is 9.53 Å². The van der Waals surface area contributed by atoms with Crippen molar-refractivity contribution in [3.8, 4) is 5.75 Å². The molecule has 0 bridgehead atoms.